The maximum Gasteiger partial charge on any atom is 0.481 e. The molecule has 0 aliphatic carbocycles. The number of aliphatic hydroxyl groups is 2. The van der Waals surface area contributed by atoms with E-state index in [4.69, 9.17) is 19.5 Å². The Morgan fingerprint density at radius 3 is 2.43 bits per heavy atom. The van der Waals surface area contributed by atoms with Crippen molar-refractivity contribution in [3.63, 3.8) is 0 Å². The third-order valence-corrected chi connectivity index (χ3v) is 12.7. The average Bonchev–Trinajstić information content (AvgIpc) is 3.66. The number of nitrogens with two attached hydrogens (primary N) is 1. The molecule has 1 aliphatic heterocycles. The van der Waals surface area contributed by atoms with Gasteiger partial charge in [-0.2, -0.15) is 16.1 Å². The van der Waals surface area contributed by atoms with Crippen LogP contribution in [0.4, 0.5) is 5.82 Å². The van der Waals surface area contributed by atoms with E-state index in [1.54, 1.807) is 11.8 Å². The van der Waals surface area contributed by atoms with Gasteiger partial charge in [-0.3, -0.25) is 27.7 Å². The molecule has 3 rings (SSSR count). The summed E-state index contributed by atoms with van der Waals surface area (Å²) in [5.41, 5.74) is 4.33. The molecular formula is C29H52N7O16P3S. The molecule has 1 saturated heterocycles. The number of carbonyl (C=O) groups excluding carboxylic acids is 2. The minimum absolute atomic E-state index is 0.0333. The molecule has 0 radical (unpaired) electrons. The molecule has 8 atom stereocenters. The van der Waals surface area contributed by atoms with Crippen LogP contribution in [0.2, 0.25) is 0 Å². The first-order chi connectivity index (χ1) is 26.1. The fourth-order valence-corrected chi connectivity index (χ4v) is 9.12. The van der Waals surface area contributed by atoms with E-state index in [1.807, 2.05) is 0 Å². The van der Waals surface area contributed by atoms with Gasteiger partial charge in [0.25, 0.3) is 0 Å². The predicted octanol–water partition coefficient (Wildman–Crippen LogP) is 1.50. The number of amides is 2. The van der Waals surface area contributed by atoms with Crippen LogP contribution in [0.15, 0.2) is 12.7 Å². The third-order valence-electron chi connectivity index (χ3n) is 8.37. The number of phosphoric ester groups is 3. The number of ether oxygens (including phenoxy) is 1. The van der Waals surface area contributed by atoms with E-state index in [-0.39, 0.29) is 35.9 Å². The topological polar surface area (TPSA) is 347 Å². The minimum atomic E-state index is -5.55. The average molecular weight is 880 g/mol. The number of rotatable bonds is 25. The van der Waals surface area contributed by atoms with Gasteiger partial charge in [-0.25, -0.2) is 28.6 Å². The number of carbonyl (C=O) groups is 2. The first-order valence-corrected chi connectivity index (χ1v) is 23.1. The van der Waals surface area contributed by atoms with E-state index in [0.29, 0.717) is 11.8 Å². The van der Waals surface area contributed by atoms with E-state index in [2.05, 4.69) is 48.3 Å². The van der Waals surface area contributed by atoms with Gasteiger partial charge in [0, 0.05) is 35.9 Å². The van der Waals surface area contributed by atoms with E-state index in [1.165, 1.54) is 39.5 Å². The zero-order valence-electron chi connectivity index (χ0n) is 31.3. The van der Waals surface area contributed by atoms with E-state index >= 15 is 0 Å². The van der Waals surface area contributed by atoms with Gasteiger partial charge in [-0.05, 0) is 6.42 Å². The number of fused-ring (bicyclic) bond motifs is 1. The van der Waals surface area contributed by atoms with Crippen molar-refractivity contribution >= 4 is 64.0 Å². The molecule has 56 heavy (non-hydrogen) atoms. The molecule has 0 spiro atoms. The summed E-state index contributed by atoms with van der Waals surface area (Å²) in [7, 11) is -16.3. The molecule has 3 heterocycles. The molecule has 2 aromatic heterocycles. The number of anilines is 1. The number of nitrogens with zero attached hydrogens (tertiary/aromatic N) is 4. The molecule has 1 aliphatic rings. The van der Waals surface area contributed by atoms with Crippen LogP contribution in [0.25, 0.3) is 11.2 Å². The molecule has 1 fully saturated rings. The molecule has 320 valence electrons. The lowest BCUT2D eigenvalue weighted by atomic mass is 9.87. The Balaban J connectivity index is 1.47. The number of phosphoric acid groups is 3. The summed E-state index contributed by atoms with van der Waals surface area (Å²) in [4.78, 5) is 75.8. The van der Waals surface area contributed by atoms with Crippen LogP contribution in [0.5, 0.6) is 0 Å². The third kappa shape index (κ3) is 15.2. The smallest absolute Gasteiger partial charge is 0.386 e. The normalized spacial score (nSPS) is 22.3. The molecule has 0 aromatic carbocycles. The summed E-state index contributed by atoms with van der Waals surface area (Å²) in [6.45, 7) is 5.26. The molecule has 2 amide bonds. The number of aromatic nitrogens is 4. The maximum atomic E-state index is 12.7. The summed E-state index contributed by atoms with van der Waals surface area (Å²) >= 11 is 1.77. The Bertz CT molecular complexity index is 1750. The van der Waals surface area contributed by atoms with Crippen LogP contribution >= 0.6 is 35.2 Å². The lowest BCUT2D eigenvalue weighted by Crippen LogP contribution is -2.46. The molecule has 3 unspecified atom stereocenters. The molecule has 27 heteroatoms. The number of unbranched alkanes of at least 4 members (excludes halogenated alkanes) is 3. The van der Waals surface area contributed by atoms with Gasteiger partial charge in [0.15, 0.2) is 17.7 Å². The monoisotopic (exact) mass is 879 g/mol. The summed E-state index contributed by atoms with van der Waals surface area (Å²) in [5.74, 6) is -0.524. The number of aliphatic hydroxyl groups excluding tert-OH is 2. The van der Waals surface area contributed by atoms with Crippen LogP contribution < -0.4 is 16.4 Å². The van der Waals surface area contributed by atoms with Crippen molar-refractivity contribution in [2.75, 3.05) is 37.8 Å². The van der Waals surface area contributed by atoms with Crippen LogP contribution in [0, 0.1) is 5.41 Å². The Hall–Kier alpha value is -2.11. The number of hydrogen-bond acceptors (Lipinski definition) is 17. The van der Waals surface area contributed by atoms with Crippen molar-refractivity contribution in [1.29, 1.82) is 0 Å². The maximum absolute atomic E-state index is 12.7. The van der Waals surface area contributed by atoms with Crippen LogP contribution in [-0.4, -0.2) is 123 Å². The Morgan fingerprint density at radius 1 is 1.05 bits per heavy atom. The number of nitrogen functional groups attached to an aromatic ring is 1. The van der Waals surface area contributed by atoms with E-state index < -0.39 is 78.6 Å². The number of thioether (sulfide) groups is 1. The van der Waals surface area contributed by atoms with E-state index in [0.717, 1.165) is 29.4 Å². The quantitative estimate of drug-likeness (QED) is 0.0504. The van der Waals surface area contributed by atoms with Gasteiger partial charge in [-0.1, -0.05) is 53.4 Å². The van der Waals surface area contributed by atoms with Gasteiger partial charge in [0.2, 0.25) is 11.8 Å². The zero-order valence-corrected chi connectivity index (χ0v) is 34.8. The molecule has 2 aromatic rings. The lowest BCUT2D eigenvalue weighted by molar-refractivity contribution is -0.137. The highest BCUT2D eigenvalue weighted by atomic mass is 32.2. The van der Waals surface area contributed by atoms with E-state index in [9.17, 15) is 53.1 Å². The molecule has 23 nitrogen and oxygen atoms in total. The SMILES string of the molecule is CCCCCCC(C)SCCNC(=O)CCNC(=O)[C@H](O)C(C)(C)COP(=O)(O)OP(=O)(O)OC[C@H]1O[C@@H](n2cnc3c(N)ncnc32)[C@H](O)[C@@H]1OP(=O)(O)O. The van der Waals surface area contributed by atoms with Crippen molar-refractivity contribution < 1.29 is 75.7 Å². The van der Waals surface area contributed by atoms with Crippen LogP contribution in [0.3, 0.4) is 0 Å². The van der Waals surface area contributed by atoms with Crippen molar-refractivity contribution in [2.24, 2.45) is 5.41 Å². The molecular weight excluding hydrogens is 827 g/mol. The molecule has 0 saturated carbocycles. The highest BCUT2D eigenvalue weighted by molar-refractivity contribution is 7.99. The summed E-state index contributed by atoms with van der Waals surface area (Å²) in [5, 5.41) is 27.1. The van der Waals surface area contributed by atoms with Gasteiger partial charge in [0.05, 0.1) is 19.5 Å². The predicted molar refractivity (Wildman–Crippen MR) is 200 cm³/mol. The fourth-order valence-electron chi connectivity index (χ4n) is 5.33. The Kier molecular flexibility index (Phi) is 18.3. The largest absolute Gasteiger partial charge is 0.481 e. The number of hydrogen-bond donors (Lipinski definition) is 9. The van der Waals surface area contributed by atoms with Crippen LogP contribution in [-0.2, 0) is 45.9 Å². The van der Waals surface area contributed by atoms with Crippen molar-refractivity contribution in [3.05, 3.63) is 12.7 Å². The second-order valence-electron chi connectivity index (χ2n) is 13.6. The number of nitrogens with one attached hydrogen (secondary N) is 2. The summed E-state index contributed by atoms with van der Waals surface area (Å²) in [6.07, 6.45) is -0.798. The van der Waals surface area contributed by atoms with Gasteiger partial charge < -0.3 is 50.9 Å². The number of imidazole rings is 1. The highest BCUT2D eigenvalue weighted by Gasteiger charge is 2.50. The van der Waals surface area contributed by atoms with Gasteiger partial charge in [-0.15, -0.1) is 0 Å². The summed E-state index contributed by atoms with van der Waals surface area (Å²) < 4.78 is 62.2. The second kappa shape index (κ2) is 21.2. The van der Waals surface area contributed by atoms with Gasteiger partial charge >= 0.3 is 23.5 Å². The molecule has 10 N–H and O–H groups in total. The lowest BCUT2D eigenvalue weighted by Gasteiger charge is -2.30. The van der Waals surface area contributed by atoms with Gasteiger partial charge in [0.1, 0.15) is 36.3 Å². The second-order valence-corrected chi connectivity index (χ2v) is 19.4. The Labute approximate surface area is 327 Å². The molecule has 0 bridgehead atoms. The fraction of sp³-hybridized carbons (Fsp3) is 0.759. The van der Waals surface area contributed by atoms with Crippen molar-refractivity contribution in [3.8, 4) is 0 Å². The first-order valence-electron chi connectivity index (χ1n) is 17.6. The minimum Gasteiger partial charge on any atom is -0.386 e. The van der Waals surface area contributed by atoms with Crippen molar-refractivity contribution in [2.45, 2.75) is 102 Å². The highest BCUT2D eigenvalue weighted by Crippen LogP contribution is 2.61. The zero-order chi connectivity index (χ0) is 41.9. The Morgan fingerprint density at radius 2 is 1.75 bits per heavy atom. The first kappa shape index (κ1) is 48.3. The standard InChI is InChI=1S/C29H52N7O16P3S/c1-5-6-7-8-9-18(2)56-13-12-31-20(37)10-11-32-27(40)24(39)29(3,4)15-49-55(46,47)52-54(44,45)48-14-19-23(51-53(41,42)43)22(38)28(50-19)36-17-35-21-25(30)33-16-34-26(21)36/h16-19,22-24,28,38-39H,5-15H2,1-4H3,(H,31,37)(H,32,40)(H,44,45)(H,46,47)(H2,30,33,34)(H2,41,42,43)/t18?,19-,22-,23-,24+,28-/m1/s1. The van der Waals surface area contributed by atoms with Crippen LogP contribution in [0.1, 0.15) is 72.4 Å². The summed E-state index contributed by atoms with van der Waals surface area (Å²) in [6, 6.07) is 0. The van der Waals surface area contributed by atoms with Crippen molar-refractivity contribution in [1.82, 2.24) is 30.2 Å².